The van der Waals surface area contributed by atoms with Gasteiger partial charge in [0.25, 0.3) is 5.56 Å². The minimum absolute atomic E-state index is 0.0452. The molecule has 1 saturated heterocycles. The standard InChI is InChI=1S/C18H22N5O8P/c24-7-11(10-4-2-1-3-5-10)20-18-21-16-15(17(26)22-18)19-9-23(16)14-6-12(25)13(31-14)8-30-32(27,28)29/h1-5,9,11-14,24-25H,6-8H2,(H2,27,28,29)(H2,20,21,22,26)/t11-,12-,13+,14+/m0/s1. The van der Waals surface area contributed by atoms with E-state index in [0.717, 1.165) is 5.56 Å². The second kappa shape index (κ2) is 9.08. The van der Waals surface area contributed by atoms with Crippen LogP contribution in [-0.4, -0.2) is 64.9 Å². The van der Waals surface area contributed by atoms with E-state index in [1.807, 2.05) is 30.3 Å². The molecule has 0 spiro atoms. The number of ether oxygens (including phenoxy) is 1. The minimum atomic E-state index is -4.72. The molecular formula is C18H22N5O8P. The van der Waals surface area contributed by atoms with Gasteiger partial charge in [-0.15, -0.1) is 0 Å². The van der Waals surface area contributed by atoms with Crippen molar-refractivity contribution in [1.29, 1.82) is 0 Å². The van der Waals surface area contributed by atoms with E-state index in [-0.39, 0.29) is 30.1 Å². The van der Waals surface area contributed by atoms with E-state index in [0.29, 0.717) is 0 Å². The summed E-state index contributed by atoms with van der Waals surface area (Å²) in [5.74, 6) is 0.104. The Bertz CT molecular complexity index is 1180. The number of imidazole rings is 1. The third kappa shape index (κ3) is 4.89. The third-order valence-corrected chi connectivity index (χ3v) is 5.53. The molecule has 3 heterocycles. The molecule has 14 heteroatoms. The lowest BCUT2D eigenvalue weighted by atomic mass is 10.1. The quantitative estimate of drug-likeness (QED) is 0.245. The maximum Gasteiger partial charge on any atom is 0.469 e. The molecule has 0 saturated carbocycles. The normalized spacial score (nSPS) is 22.3. The van der Waals surface area contributed by atoms with Crippen molar-refractivity contribution in [3.05, 3.63) is 52.6 Å². The minimum Gasteiger partial charge on any atom is -0.394 e. The predicted octanol–water partition coefficient (Wildman–Crippen LogP) is 0.0228. The number of fused-ring (bicyclic) bond motifs is 1. The number of anilines is 1. The van der Waals surface area contributed by atoms with E-state index in [4.69, 9.17) is 14.5 Å². The Hall–Kier alpha value is -2.64. The number of aliphatic hydroxyl groups excluding tert-OH is 2. The van der Waals surface area contributed by atoms with E-state index < -0.39 is 44.5 Å². The molecule has 4 rings (SSSR count). The lowest BCUT2D eigenvalue weighted by molar-refractivity contribution is -0.0424. The van der Waals surface area contributed by atoms with Gasteiger partial charge in [-0.1, -0.05) is 30.3 Å². The van der Waals surface area contributed by atoms with E-state index in [1.165, 1.54) is 10.9 Å². The topological polar surface area (TPSA) is 192 Å². The number of benzene rings is 1. The Labute approximate surface area is 180 Å². The predicted molar refractivity (Wildman–Crippen MR) is 111 cm³/mol. The van der Waals surface area contributed by atoms with Crippen molar-refractivity contribution in [2.45, 2.75) is 30.9 Å². The molecule has 172 valence electrons. The fourth-order valence-electron chi connectivity index (χ4n) is 3.50. The summed E-state index contributed by atoms with van der Waals surface area (Å²) < 4.78 is 22.5. The molecule has 0 unspecified atom stereocenters. The van der Waals surface area contributed by atoms with Crippen LogP contribution in [0.25, 0.3) is 11.2 Å². The van der Waals surface area contributed by atoms with Gasteiger partial charge in [-0.2, -0.15) is 4.98 Å². The van der Waals surface area contributed by atoms with Gasteiger partial charge in [0.05, 0.1) is 31.7 Å². The molecule has 32 heavy (non-hydrogen) atoms. The van der Waals surface area contributed by atoms with Gasteiger partial charge in [0, 0.05) is 6.42 Å². The van der Waals surface area contributed by atoms with E-state index >= 15 is 0 Å². The van der Waals surface area contributed by atoms with Crippen LogP contribution >= 0.6 is 7.82 Å². The van der Waals surface area contributed by atoms with Crippen LogP contribution in [0.5, 0.6) is 0 Å². The van der Waals surface area contributed by atoms with Crippen molar-refractivity contribution < 1.29 is 33.8 Å². The molecule has 1 aliphatic rings. The summed E-state index contributed by atoms with van der Waals surface area (Å²) in [6, 6.07) is 8.61. The largest absolute Gasteiger partial charge is 0.469 e. The number of nitrogens with zero attached hydrogens (tertiary/aromatic N) is 3. The molecule has 3 aromatic rings. The van der Waals surface area contributed by atoms with Gasteiger partial charge in [-0.25, -0.2) is 9.55 Å². The van der Waals surface area contributed by atoms with Crippen LogP contribution in [0, 0.1) is 0 Å². The maximum absolute atomic E-state index is 12.5. The van der Waals surface area contributed by atoms with Crippen LogP contribution in [0.4, 0.5) is 5.95 Å². The highest BCUT2D eigenvalue weighted by atomic mass is 31.2. The number of aromatic amines is 1. The summed E-state index contributed by atoms with van der Waals surface area (Å²) in [6.07, 6.45) is -1.42. The molecule has 0 amide bonds. The van der Waals surface area contributed by atoms with Crippen LogP contribution in [-0.2, 0) is 13.8 Å². The van der Waals surface area contributed by atoms with Gasteiger partial charge in [0.15, 0.2) is 11.2 Å². The van der Waals surface area contributed by atoms with Crippen molar-refractivity contribution in [3.63, 3.8) is 0 Å². The molecular weight excluding hydrogens is 445 g/mol. The van der Waals surface area contributed by atoms with Crippen LogP contribution in [0.15, 0.2) is 41.5 Å². The summed E-state index contributed by atoms with van der Waals surface area (Å²) in [5.41, 5.74) is 0.501. The fraction of sp³-hybridized carbons (Fsp3) is 0.389. The number of rotatable bonds is 8. The molecule has 0 radical (unpaired) electrons. The highest BCUT2D eigenvalue weighted by Crippen LogP contribution is 2.38. The number of H-pyrrole nitrogens is 1. The SMILES string of the molecule is O=c1[nH]c(N[C@@H](CO)c2ccccc2)nc2c1ncn2[C@H]1C[C@H](O)[C@@H](COP(=O)(O)O)O1. The number of aromatic nitrogens is 4. The highest BCUT2D eigenvalue weighted by Gasteiger charge is 2.37. The molecule has 6 N–H and O–H groups in total. The first-order valence-electron chi connectivity index (χ1n) is 9.68. The molecule has 13 nitrogen and oxygen atoms in total. The number of aliphatic hydroxyl groups is 2. The smallest absolute Gasteiger partial charge is 0.394 e. The lowest BCUT2D eigenvalue weighted by Gasteiger charge is -2.18. The van der Waals surface area contributed by atoms with E-state index in [2.05, 4.69) is 24.8 Å². The third-order valence-electron chi connectivity index (χ3n) is 5.05. The van der Waals surface area contributed by atoms with Crippen molar-refractivity contribution in [1.82, 2.24) is 19.5 Å². The van der Waals surface area contributed by atoms with Gasteiger partial charge in [-0.3, -0.25) is 18.9 Å². The second-order valence-corrected chi connectivity index (χ2v) is 8.49. The first-order chi connectivity index (χ1) is 15.2. The molecule has 2 aromatic heterocycles. The molecule has 1 fully saturated rings. The van der Waals surface area contributed by atoms with Crippen molar-refractivity contribution >= 4 is 24.9 Å². The van der Waals surface area contributed by atoms with Gasteiger partial charge in [0.2, 0.25) is 5.95 Å². The van der Waals surface area contributed by atoms with Gasteiger partial charge < -0.3 is 30.1 Å². The number of hydrogen-bond acceptors (Lipinski definition) is 9. The highest BCUT2D eigenvalue weighted by molar-refractivity contribution is 7.46. The second-order valence-electron chi connectivity index (χ2n) is 7.25. The Balaban J connectivity index is 1.58. The van der Waals surface area contributed by atoms with Crippen molar-refractivity contribution in [2.24, 2.45) is 0 Å². The Morgan fingerprint density at radius 3 is 2.78 bits per heavy atom. The lowest BCUT2D eigenvalue weighted by Crippen LogP contribution is -2.25. The number of phosphoric acid groups is 1. The summed E-state index contributed by atoms with van der Waals surface area (Å²) in [5, 5.41) is 22.9. The summed E-state index contributed by atoms with van der Waals surface area (Å²) in [4.78, 5) is 41.2. The Morgan fingerprint density at radius 2 is 2.09 bits per heavy atom. The van der Waals surface area contributed by atoms with Crippen LogP contribution in [0.1, 0.15) is 24.3 Å². The first kappa shape index (κ1) is 22.6. The summed E-state index contributed by atoms with van der Waals surface area (Å²) in [7, 11) is -4.72. The molecule has 0 bridgehead atoms. The Kier molecular flexibility index (Phi) is 6.40. The number of phosphoric ester groups is 1. The number of hydrogen-bond donors (Lipinski definition) is 6. The van der Waals surface area contributed by atoms with Crippen LogP contribution < -0.4 is 10.9 Å². The fourth-order valence-corrected chi connectivity index (χ4v) is 3.84. The molecule has 1 aromatic carbocycles. The first-order valence-corrected chi connectivity index (χ1v) is 11.2. The van der Waals surface area contributed by atoms with Gasteiger partial charge in [-0.05, 0) is 5.56 Å². The zero-order valence-electron chi connectivity index (χ0n) is 16.6. The van der Waals surface area contributed by atoms with Crippen molar-refractivity contribution in [3.8, 4) is 0 Å². The molecule has 1 aliphatic heterocycles. The summed E-state index contributed by atoms with van der Waals surface area (Å²) in [6.45, 7) is -0.755. The average Bonchev–Trinajstić information content (AvgIpc) is 3.34. The zero-order chi connectivity index (χ0) is 22.9. The van der Waals surface area contributed by atoms with Crippen LogP contribution in [0.2, 0.25) is 0 Å². The Morgan fingerprint density at radius 1 is 1.34 bits per heavy atom. The monoisotopic (exact) mass is 467 g/mol. The average molecular weight is 467 g/mol. The maximum atomic E-state index is 12.5. The molecule has 4 atom stereocenters. The van der Waals surface area contributed by atoms with Crippen LogP contribution in [0.3, 0.4) is 0 Å². The van der Waals surface area contributed by atoms with Crippen molar-refractivity contribution in [2.75, 3.05) is 18.5 Å². The molecule has 0 aliphatic carbocycles. The van der Waals surface area contributed by atoms with E-state index in [1.54, 1.807) is 0 Å². The van der Waals surface area contributed by atoms with Gasteiger partial charge >= 0.3 is 7.82 Å². The zero-order valence-corrected chi connectivity index (χ0v) is 17.5. The van der Waals surface area contributed by atoms with Gasteiger partial charge in [0.1, 0.15) is 12.3 Å². The number of nitrogens with one attached hydrogen (secondary N) is 2. The summed E-state index contributed by atoms with van der Waals surface area (Å²) >= 11 is 0. The van der Waals surface area contributed by atoms with E-state index in [9.17, 15) is 19.6 Å².